The van der Waals surface area contributed by atoms with Crippen molar-refractivity contribution in [2.75, 3.05) is 0 Å². The highest BCUT2D eigenvalue weighted by molar-refractivity contribution is 5.77. The number of carbonyl (C=O) groups is 1. The zero-order valence-electron chi connectivity index (χ0n) is 12.5. The van der Waals surface area contributed by atoms with Crippen LogP contribution in [0.3, 0.4) is 0 Å². The molecule has 0 radical (unpaired) electrons. The van der Waals surface area contributed by atoms with Crippen molar-refractivity contribution in [3.05, 3.63) is 35.4 Å². The van der Waals surface area contributed by atoms with Crippen molar-refractivity contribution >= 4 is 5.91 Å². The molecular formula is C16H21F3N2O. The topological polar surface area (TPSA) is 55.1 Å². The summed E-state index contributed by atoms with van der Waals surface area (Å²) in [5.41, 5.74) is 5.26. The van der Waals surface area contributed by atoms with E-state index < -0.39 is 11.7 Å². The van der Waals surface area contributed by atoms with E-state index in [1.165, 1.54) is 12.1 Å². The normalized spacial score (nSPS) is 23.3. The molecule has 0 bridgehead atoms. The summed E-state index contributed by atoms with van der Waals surface area (Å²) in [6.07, 6.45) is -2.04. The minimum atomic E-state index is -4.38. The van der Waals surface area contributed by atoms with Crippen LogP contribution in [0, 0.1) is 0 Å². The summed E-state index contributed by atoms with van der Waals surface area (Å²) < 4.78 is 39.5. The fourth-order valence-corrected chi connectivity index (χ4v) is 3.14. The van der Waals surface area contributed by atoms with Crippen molar-refractivity contribution in [1.29, 1.82) is 0 Å². The van der Waals surface area contributed by atoms with Crippen LogP contribution in [-0.2, 0) is 11.0 Å². The molecule has 1 aliphatic rings. The third-order valence-electron chi connectivity index (χ3n) is 4.04. The molecule has 1 aromatic carbocycles. The second-order valence-corrected chi connectivity index (χ2v) is 5.98. The Bertz CT molecular complexity index is 528. The van der Waals surface area contributed by atoms with Gasteiger partial charge in [0.2, 0.25) is 5.91 Å². The average molecular weight is 314 g/mol. The van der Waals surface area contributed by atoms with Gasteiger partial charge in [0, 0.05) is 24.4 Å². The number of nitrogens with two attached hydrogens (primary N) is 1. The van der Waals surface area contributed by atoms with Crippen LogP contribution in [0.2, 0.25) is 0 Å². The highest BCUT2D eigenvalue weighted by Crippen LogP contribution is 2.41. The fourth-order valence-electron chi connectivity index (χ4n) is 3.14. The van der Waals surface area contributed by atoms with Gasteiger partial charge in [-0.1, -0.05) is 24.6 Å². The van der Waals surface area contributed by atoms with Crippen LogP contribution < -0.4 is 11.1 Å². The number of benzene rings is 1. The number of carbonyl (C=O) groups excluding carboxylic acids is 1. The van der Waals surface area contributed by atoms with E-state index in [1.807, 2.05) is 0 Å². The van der Waals surface area contributed by atoms with E-state index in [0.717, 1.165) is 12.5 Å². The van der Waals surface area contributed by atoms with E-state index in [1.54, 1.807) is 13.0 Å². The molecule has 3 atom stereocenters. The summed E-state index contributed by atoms with van der Waals surface area (Å²) in [5.74, 6) is -0.494. The van der Waals surface area contributed by atoms with Gasteiger partial charge in [-0.25, -0.2) is 0 Å². The Kier molecular flexibility index (Phi) is 5.11. The molecule has 6 heteroatoms. The third-order valence-corrected chi connectivity index (χ3v) is 4.04. The Morgan fingerprint density at radius 1 is 1.36 bits per heavy atom. The Morgan fingerprint density at radius 3 is 2.68 bits per heavy atom. The molecule has 1 aliphatic carbocycles. The van der Waals surface area contributed by atoms with Crippen LogP contribution in [0.4, 0.5) is 13.2 Å². The summed E-state index contributed by atoms with van der Waals surface area (Å²) in [4.78, 5) is 11.9. The van der Waals surface area contributed by atoms with Gasteiger partial charge >= 0.3 is 6.18 Å². The highest BCUT2D eigenvalue weighted by atomic mass is 19.4. The van der Waals surface area contributed by atoms with E-state index in [-0.39, 0.29) is 35.9 Å². The SMILES string of the molecule is CC(N)CC(=O)NC1CCCC1c1ccccc1C(F)(F)F. The lowest BCUT2D eigenvalue weighted by Crippen LogP contribution is -2.39. The first-order valence-corrected chi connectivity index (χ1v) is 7.50. The lowest BCUT2D eigenvalue weighted by molar-refractivity contribution is -0.138. The van der Waals surface area contributed by atoms with Crippen molar-refractivity contribution in [2.45, 2.75) is 56.8 Å². The van der Waals surface area contributed by atoms with Gasteiger partial charge in [-0.05, 0) is 31.4 Å². The minimum Gasteiger partial charge on any atom is -0.353 e. The van der Waals surface area contributed by atoms with Crippen LogP contribution in [0.15, 0.2) is 24.3 Å². The first kappa shape index (κ1) is 16.8. The first-order chi connectivity index (χ1) is 10.3. The molecule has 0 aromatic heterocycles. The van der Waals surface area contributed by atoms with Gasteiger partial charge in [0.25, 0.3) is 0 Å². The van der Waals surface area contributed by atoms with Crippen LogP contribution in [0.1, 0.15) is 49.7 Å². The molecule has 0 spiro atoms. The molecular weight excluding hydrogens is 293 g/mol. The number of hydrogen-bond acceptors (Lipinski definition) is 2. The number of alkyl halides is 3. The molecule has 0 aliphatic heterocycles. The number of amides is 1. The zero-order valence-corrected chi connectivity index (χ0v) is 12.5. The zero-order chi connectivity index (χ0) is 16.3. The van der Waals surface area contributed by atoms with Gasteiger partial charge in [0.15, 0.2) is 0 Å². The van der Waals surface area contributed by atoms with Gasteiger partial charge in [0.05, 0.1) is 5.56 Å². The maximum Gasteiger partial charge on any atom is 0.416 e. The van der Waals surface area contributed by atoms with Crippen LogP contribution in [0.5, 0.6) is 0 Å². The molecule has 2 rings (SSSR count). The first-order valence-electron chi connectivity index (χ1n) is 7.50. The Balaban J connectivity index is 2.19. The number of hydrogen-bond donors (Lipinski definition) is 2. The second kappa shape index (κ2) is 6.69. The standard InChI is InChI=1S/C16H21F3N2O/c1-10(20)9-15(22)21-14-8-4-6-12(14)11-5-2-3-7-13(11)16(17,18)19/h2-3,5,7,10,12,14H,4,6,8-9,20H2,1H3,(H,21,22). The number of halogens is 3. The maximum absolute atomic E-state index is 13.2. The summed E-state index contributed by atoms with van der Waals surface area (Å²) in [6.45, 7) is 1.73. The van der Waals surface area contributed by atoms with E-state index in [0.29, 0.717) is 12.8 Å². The molecule has 22 heavy (non-hydrogen) atoms. The van der Waals surface area contributed by atoms with E-state index in [9.17, 15) is 18.0 Å². The minimum absolute atomic E-state index is 0.185. The summed E-state index contributed by atoms with van der Waals surface area (Å²) >= 11 is 0. The molecule has 122 valence electrons. The Labute approximate surface area is 128 Å². The molecule has 1 amide bonds. The predicted molar refractivity (Wildman–Crippen MR) is 78.2 cm³/mol. The quantitative estimate of drug-likeness (QED) is 0.897. The second-order valence-electron chi connectivity index (χ2n) is 5.98. The Morgan fingerprint density at radius 2 is 2.05 bits per heavy atom. The van der Waals surface area contributed by atoms with Crippen molar-refractivity contribution in [2.24, 2.45) is 5.73 Å². The molecule has 0 heterocycles. The lowest BCUT2D eigenvalue weighted by atomic mass is 9.89. The van der Waals surface area contributed by atoms with E-state index >= 15 is 0 Å². The fraction of sp³-hybridized carbons (Fsp3) is 0.562. The summed E-state index contributed by atoms with van der Waals surface area (Å²) in [7, 11) is 0. The third kappa shape index (κ3) is 4.00. The van der Waals surface area contributed by atoms with Gasteiger partial charge in [-0.3, -0.25) is 4.79 Å². The van der Waals surface area contributed by atoms with Crippen LogP contribution in [0.25, 0.3) is 0 Å². The monoisotopic (exact) mass is 314 g/mol. The van der Waals surface area contributed by atoms with Crippen molar-refractivity contribution in [1.82, 2.24) is 5.32 Å². The molecule has 1 fully saturated rings. The van der Waals surface area contributed by atoms with Gasteiger partial charge in [-0.2, -0.15) is 13.2 Å². The van der Waals surface area contributed by atoms with Gasteiger partial charge < -0.3 is 11.1 Å². The average Bonchev–Trinajstić information content (AvgIpc) is 2.84. The molecule has 0 saturated heterocycles. The molecule has 1 saturated carbocycles. The summed E-state index contributed by atoms with van der Waals surface area (Å²) in [6, 6.07) is 5.12. The molecule has 3 nitrogen and oxygen atoms in total. The maximum atomic E-state index is 13.2. The van der Waals surface area contributed by atoms with Gasteiger partial charge in [0.1, 0.15) is 0 Å². The molecule has 3 N–H and O–H groups in total. The molecule has 1 aromatic rings. The van der Waals surface area contributed by atoms with Crippen LogP contribution in [-0.4, -0.2) is 18.0 Å². The van der Waals surface area contributed by atoms with E-state index in [2.05, 4.69) is 5.32 Å². The number of rotatable bonds is 4. The smallest absolute Gasteiger partial charge is 0.353 e. The largest absolute Gasteiger partial charge is 0.416 e. The van der Waals surface area contributed by atoms with Gasteiger partial charge in [-0.15, -0.1) is 0 Å². The predicted octanol–water partition coefficient (Wildman–Crippen LogP) is 3.20. The lowest BCUT2D eigenvalue weighted by Gasteiger charge is -2.24. The van der Waals surface area contributed by atoms with Crippen LogP contribution >= 0.6 is 0 Å². The highest BCUT2D eigenvalue weighted by Gasteiger charge is 2.38. The number of nitrogens with one attached hydrogen (secondary N) is 1. The van der Waals surface area contributed by atoms with E-state index in [4.69, 9.17) is 5.73 Å². The summed E-state index contributed by atoms with van der Waals surface area (Å²) in [5, 5.41) is 2.85. The van der Waals surface area contributed by atoms with Crippen molar-refractivity contribution in [3.8, 4) is 0 Å². The van der Waals surface area contributed by atoms with Crippen molar-refractivity contribution < 1.29 is 18.0 Å². The molecule has 3 unspecified atom stereocenters. The van der Waals surface area contributed by atoms with Crippen molar-refractivity contribution in [3.63, 3.8) is 0 Å². The Hall–Kier alpha value is -1.56.